The van der Waals surface area contributed by atoms with Crippen LogP contribution in [0.4, 0.5) is 0 Å². The second kappa shape index (κ2) is 5.27. The molecule has 1 aliphatic heterocycles. The van der Waals surface area contributed by atoms with E-state index in [4.69, 9.17) is 27.9 Å². The van der Waals surface area contributed by atoms with Gasteiger partial charge in [0.25, 0.3) is 0 Å². The highest BCUT2D eigenvalue weighted by molar-refractivity contribution is 6.31. The molecular formula is C16H20Cl2O. The number of benzene rings is 1. The van der Waals surface area contributed by atoms with Gasteiger partial charge in [0.15, 0.2) is 0 Å². The van der Waals surface area contributed by atoms with Gasteiger partial charge in [-0.2, -0.15) is 0 Å². The van der Waals surface area contributed by atoms with Crippen LogP contribution in [0.2, 0.25) is 5.02 Å². The zero-order chi connectivity index (χ0) is 13.5. The molecule has 2 aliphatic rings. The zero-order valence-electron chi connectivity index (χ0n) is 11.3. The lowest BCUT2D eigenvalue weighted by atomic mass is 9.75. The van der Waals surface area contributed by atoms with E-state index >= 15 is 0 Å². The van der Waals surface area contributed by atoms with E-state index in [9.17, 15) is 0 Å². The average Bonchev–Trinajstić information content (AvgIpc) is 3.15. The summed E-state index contributed by atoms with van der Waals surface area (Å²) in [6, 6.07) is 6.32. The lowest BCUT2D eigenvalue weighted by Gasteiger charge is -2.33. The van der Waals surface area contributed by atoms with Crippen molar-refractivity contribution in [3.63, 3.8) is 0 Å². The van der Waals surface area contributed by atoms with Gasteiger partial charge in [0.1, 0.15) is 0 Å². The Bertz CT molecular complexity index is 470. The van der Waals surface area contributed by atoms with Gasteiger partial charge < -0.3 is 4.74 Å². The predicted octanol–water partition coefficient (Wildman–Crippen LogP) is 4.62. The molecule has 1 aromatic carbocycles. The molecule has 2 unspecified atom stereocenters. The molecule has 19 heavy (non-hydrogen) atoms. The van der Waals surface area contributed by atoms with E-state index in [1.165, 1.54) is 24.0 Å². The van der Waals surface area contributed by atoms with Crippen LogP contribution in [0.15, 0.2) is 18.2 Å². The molecule has 104 valence electrons. The number of rotatable bonds is 4. The monoisotopic (exact) mass is 298 g/mol. The summed E-state index contributed by atoms with van der Waals surface area (Å²) in [5.41, 5.74) is 2.50. The molecule has 0 N–H and O–H groups in total. The molecule has 2 fully saturated rings. The molecule has 3 heteroatoms. The van der Waals surface area contributed by atoms with Crippen LogP contribution in [0.3, 0.4) is 0 Å². The largest absolute Gasteiger partial charge is 0.377 e. The molecule has 2 atom stereocenters. The van der Waals surface area contributed by atoms with E-state index in [0.717, 1.165) is 30.4 Å². The summed E-state index contributed by atoms with van der Waals surface area (Å²) in [6.45, 7) is 2.91. The minimum Gasteiger partial charge on any atom is -0.377 e. The quantitative estimate of drug-likeness (QED) is 0.737. The molecule has 1 saturated carbocycles. The molecule has 3 rings (SSSR count). The standard InChI is InChI=1S/C16H20Cl2O/c1-11-2-3-13(14(18)8-11)9-16(10-17)6-7-19-15(16)12-4-5-12/h2-3,8,12,15H,4-7,9-10H2,1H3. The predicted molar refractivity (Wildman–Crippen MR) is 80.1 cm³/mol. The smallest absolute Gasteiger partial charge is 0.0674 e. The maximum Gasteiger partial charge on any atom is 0.0674 e. The molecule has 0 amide bonds. The van der Waals surface area contributed by atoms with Crippen LogP contribution in [0.25, 0.3) is 0 Å². The van der Waals surface area contributed by atoms with E-state index in [2.05, 4.69) is 19.1 Å². The van der Waals surface area contributed by atoms with E-state index in [-0.39, 0.29) is 5.41 Å². The molecule has 1 aromatic rings. The number of aryl methyl sites for hydroxylation is 1. The highest BCUT2D eigenvalue weighted by atomic mass is 35.5. The first-order chi connectivity index (χ1) is 9.14. The lowest BCUT2D eigenvalue weighted by Crippen LogP contribution is -2.36. The molecule has 0 radical (unpaired) electrons. The van der Waals surface area contributed by atoms with Crippen molar-refractivity contribution in [1.29, 1.82) is 0 Å². The summed E-state index contributed by atoms with van der Waals surface area (Å²) >= 11 is 12.7. The Hall–Kier alpha value is -0.240. The van der Waals surface area contributed by atoms with Crippen molar-refractivity contribution < 1.29 is 4.74 Å². The third-order valence-corrected chi connectivity index (χ3v) is 5.45. The molecule has 0 aromatic heterocycles. The van der Waals surface area contributed by atoms with E-state index in [1.807, 2.05) is 6.07 Å². The van der Waals surface area contributed by atoms with Crippen LogP contribution in [0.5, 0.6) is 0 Å². The summed E-state index contributed by atoms with van der Waals surface area (Å²) in [5, 5.41) is 0.867. The maximum atomic E-state index is 6.39. The second-order valence-electron chi connectivity index (χ2n) is 6.15. The molecule has 1 saturated heterocycles. The Morgan fingerprint density at radius 1 is 1.37 bits per heavy atom. The molecule has 0 spiro atoms. The van der Waals surface area contributed by atoms with E-state index in [0.29, 0.717) is 12.0 Å². The minimum atomic E-state index is 0.0849. The van der Waals surface area contributed by atoms with Crippen LogP contribution < -0.4 is 0 Å². The molecule has 1 heterocycles. The van der Waals surface area contributed by atoms with Gasteiger partial charge in [-0.05, 0) is 55.7 Å². The number of alkyl halides is 1. The number of hydrogen-bond donors (Lipinski definition) is 0. The molecule has 0 bridgehead atoms. The van der Waals surface area contributed by atoms with Gasteiger partial charge in [-0.3, -0.25) is 0 Å². The minimum absolute atomic E-state index is 0.0849. The van der Waals surface area contributed by atoms with Gasteiger partial charge in [-0.25, -0.2) is 0 Å². The fourth-order valence-electron chi connectivity index (χ4n) is 3.30. The summed E-state index contributed by atoms with van der Waals surface area (Å²) in [4.78, 5) is 0. The third-order valence-electron chi connectivity index (χ3n) is 4.57. The second-order valence-corrected chi connectivity index (χ2v) is 6.82. The van der Waals surface area contributed by atoms with Gasteiger partial charge in [0, 0.05) is 22.9 Å². The average molecular weight is 299 g/mol. The summed E-state index contributed by atoms with van der Waals surface area (Å²) in [5.74, 6) is 1.39. The summed E-state index contributed by atoms with van der Waals surface area (Å²) in [7, 11) is 0. The van der Waals surface area contributed by atoms with E-state index < -0.39 is 0 Å². The Kier molecular flexibility index (Phi) is 3.81. The first-order valence-corrected chi connectivity index (χ1v) is 7.98. The van der Waals surface area contributed by atoms with Crippen LogP contribution in [0.1, 0.15) is 30.4 Å². The van der Waals surface area contributed by atoms with Crippen molar-refractivity contribution in [3.8, 4) is 0 Å². The van der Waals surface area contributed by atoms with Gasteiger partial charge in [-0.15, -0.1) is 11.6 Å². The van der Waals surface area contributed by atoms with Crippen molar-refractivity contribution in [2.45, 2.75) is 38.7 Å². The highest BCUT2D eigenvalue weighted by Crippen LogP contribution is 2.50. The van der Waals surface area contributed by atoms with Crippen molar-refractivity contribution in [2.24, 2.45) is 11.3 Å². The van der Waals surface area contributed by atoms with Crippen molar-refractivity contribution in [2.75, 3.05) is 12.5 Å². The van der Waals surface area contributed by atoms with Crippen molar-refractivity contribution in [1.82, 2.24) is 0 Å². The molecule has 1 aliphatic carbocycles. The normalized spacial score (nSPS) is 30.8. The van der Waals surface area contributed by atoms with Crippen LogP contribution >= 0.6 is 23.2 Å². The van der Waals surface area contributed by atoms with Gasteiger partial charge in [0.2, 0.25) is 0 Å². The maximum absolute atomic E-state index is 6.39. The fourth-order valence-corrected chi connectivity index (χ4v) is 3.98. The Labute approximate surface area is 125 Å². The van der Waals surface area contributed by atoms with Crippen molar-refractivity contribution in [3.05, 3.63) is 34.3 Å². The first kappa shape index (κ1) is 13.7. The van der Waals surface area contributed by atoms with E-state index in [1.54, 1.807) is 0 Å². The molecular weight excluding hydrogens is 279 g/mol. The number of ether oxygens (including phenoxy) is 1. The summed E-state index contributed by atoms with van der Waals surface area (Å²) in [6.07, 6.45) is 4.93. The van der Waals surface area contributed by atoms with Gasteiger partial charge in [0.05, 0.1) is 6.10 Å². The fraction of sp³-hybridized carbons (Fsp3) is 0.625. The SMILES string of the molecule is Cc1ccc(CC2(CCl)CCOC2C2CC2)c(Cl)c1. The van der Waals surface area contributed by atoms with Crippen LogP contribution in [-0.2, 0) is 11.2 Å². The topological polar surface area (TPSA) is 9.23 Å². The number of hydrogen-bond acceptors (Lipinski definition) is 1. The number of halogens is 2. The summed E-state index contributed by atoms with van der Waals surface area (Å²) < 4.78 is 5.99. The van der Waals surface area contributed by atoms with Gasteiger partial charge >= 0.3 is 0 Å². The third kappa shape index (κ3) is 2.66. The Morgan fingerprint density at radius 2 is 2.16 bits per heavy atom. The molecule has 1 nitrogen and oxygen atoms in total. The lowest BCUT2D eigenvalue weighted by molar-refractivity contribution is 0.0403. The first-order valence-electron chi connectivity index (χ1n) is 7.07. The van der Waals surface area contributed by atoms with Gasteiger partial charge in [-0.1, -0.05) is 23.7 Å². The Morgan fingerprint density at radius 3 is 2.79 bits per heavy atom. The Balaban J connectivity index is 1.85. The zero-order valence-corrected chi connectivity index (χ0v) is 12.8. The van der Waals surface area contributed by atoms with Crippen LogP contribution in [0, 0.1) is 18.3 Å². The van der Waals surface area contributed by atoms with Crippen LogP contribution in [-0.4, -0.2) is 18.6 Å². The van der Waals surface area contributed by atoms with Crippen molar-refractivity contribution >= 4 is 23.2 Å². The highest BCUT2D eigenvalue weighted by Gasteiger charge is 2.50.